The normalized spacial score (nSPS) is 47.6. The summed E-state index contributed by atoms with van der Waals surface area (Å²) in [5.74, 6) is 1.50. The van der Waals surface area contributed by atoms with Crippen molar-refractivity contribution in [1.29, 1.82) is 0 Å². The predicted octanol–water partition coefficient (Wildman–Crippen LogP) is 2.19. The molecule has 2 saturated carbocycles. The molecule has 5 atom stereocenters. The molecule has 4 unspecified atom stereocenters. The lowest BCUT2D eigenvalue weighted by molar-refractivity contribution is -0.0321. The Hall–Kier alpha value is -0.0800. The Morgan fingerprint density at radius 2 is 2.07 bits per heavy atom. The van der Waals surface area contributed by atoms with Crippen LogP contribution in [0.2, 0.25) is 0 Å². The quantitative estimate of drug-likeness (QED) is 0.736. The molecule has 0 saturated heterocycles. The highest BCUT2D eigenvalue weighted by molar-refractivity contribution is 5.01. The maximum Gasteiger partial charge on any atom is 0.0573 e. The van der Waals surface area contributed by atoms with E-state index in [0.717, 1.165) is 19.3 Å². The molecule has 2 aliphatic carbocycles. The molecule has 0 spiro atoms. The van der Waals surface area contributed by atoms with Gasteiger partial charge >= 0.3 is 0 Å². The second-order valence-corrected chi connectivity index (χ2v) is 5.92. The second kappa shape index (κ2) is 4.06. The molecule has 0 bridgehead atoms. The zero-order chi connectivity index (χ0) is 11.1. The zero-order valence-electron chi connectivity index (χ0n) is 9.95. The van der Waals surface area contributed by atoms with Crippen molar-refractivity contribution < 1.29 is 10.2 Å². The molecule has 0 aromatic heterocycles. The van der Waals surface area contributed by atoms with E-state index in [-0.39, 0.29) is 6.10 Å². The largest absolute Gasteiger partial charge is 0.396 e. The SMILES string of the molecule is CC(CO)C1CCC2C(O)CCC[C@]12C. The van der Waals surface area contributed by atoms with Crippen LogP contribution in [0.5, 0.6) is 0 Å². The minimum absolute atomic E-state index is 0.0837. The van der Waals surface area contributed by atoms with Crippen LogP contribution in [0.15, 0.2) is 0 Å². The number of rotatable bonds is 2. The third kappa shape index (κ3) is 1.72. The van der Waals surface area contributed by atoms with Gasteiger partial charge in [0.2, 0.25) is 0 Å². The molecule has 2 rings (SSSR count). The molecule has 0 aromatic carbocycles. The number of fused-ring (bicyclic) bond motifs is 1. The van der Waals surface area contributed by atoms with Crippen molar-refractivity contribution in [2.45, 2.75) is 52.1 Å². The Morgan fingerprint density at radius 1 is 1.33 bits per heavy atom. The molecule has 2 fully saturated rings. The van der Waals surface area contributed by atoms with Gasteiger partial charge in [0.1, 0.15) is 0 Å². The first-order valence-corrected chi connectivity index (χ1v) is 6.38. The van der Waals surface area contributed by atoms with Gasteiger partial charge in [0, 0.05) is 6.61 Å². The van der Waals surface area contributed by atoms with Crippen LogP contribution in [0.25, 0.3) is 0 Å². The highest BCUT2D eigenvalue weighted by Gasteiger charge is 2.51. The van der Waals surface area contributed by atoms with Gasteiger partial charge in [-0.1, -0.05) is 20.3 Å². The van der Waals surface area contributed by atoms with Crippen LogP contribution < -0.4 is 0 Å². The van der Waals surface area contributed by atoms with Crippen LogP contribution in [0.3, 0.4) is 0 Å². The highest BCUT2D eigenvalue weighted by atomic mass is 16.3. The van der Waals surface area contributed by atoms with E-state index >= 15 is 0 Å². The standard InChI is InChI=1S/C13H24O2/c1-9(8-14)10-5-6-11-12(15)4-3-7-13(10,11)2/h9-12,14-15H,3-8H2,1-2H3/t9?,10?,11?,12?,13-/m1/s1. The Kier molecular flexibility index (Phi) is 3.09. The molecule has 0 amide bonds. The van der Waals surface area contributed by atoms with Gasteiger partial charge in [-0.2, -0.15) is 0 Å². The lowest BCUT2D eigenvalue weighted by Crippen LogP contribution is -2.41. The third-order valence-corrected chi connectivity index (χ3v) is 5.14. The van der Waals surface area contributed by atoms with E-state index in [1.165, 1.54) is 12.8 Å². The molecule has 2 N–H and O–H groups in total. The summed E-state index contributed by atoms with van der Waals surface area (Å²) >= 11 is 0. The highest BCUT2D eigenvalue weighted by Crippen LogP contribution is 2.57. The van der Waals surface area contributed by atoms with Gasteiger partial charge in [-0.05, 0) is 48.9 Å². The van der Waals surface area contributed by atoms with Gasteiger partial charge in [0.05, 0.1) is 6.10 Å². The molecule has 2 heteroatoms. The monoisotopic (exact) mass is 212 g/mol. The summed E-state index contributed by atoms with van der Waals surface area (Å²) in [5.41, 5.74) is 0.291. The first kappa shape index (κ1) is 11.4. The summed E-state index contributed by atoms with van der Waals surface area (Å²) < 4.78 is 0. The molecule has 0 aromatic rings. The smallest absolute Gasteiger partial charge is 0.0573 e. The van der Waals surface area contributed by atoms with Crippen molar-refractivity contribution in [3.05, 3.63) is 0 Å². The third-order valence-electron chi connectivity index (χ3n) is 5.14. The van der Waals surface area contributed by atoms with E-state index in [2.05, 4.69) is 13.8 Å². The molecule has 0 aliphatic heterocycles. The number of aliphatic hydroxyl groups excluding tert-OH is 2. The molecule has 2 aliphatic rings. The van der Waals surface area contributed by atoms with Gasteiger partial charge in [0.25, 0.3) is 0 Å². The molecular weight excluding hydrogens is 188 g/mol. The number of hydrogen-bond donors (Lipinski definition) is 2. The van der Waals surface area contributed by atoms with Crippen LogP contribution >= 0.6 is 0 Å². The summed E-state index contributed by atoms with van der Waals surface area (Å²) in [4.78, 5) is 0. The van der Waals surface area contributed by atoms with Gasteiger partial charge in [-0.25, -0.2) is 0 Å². The van der Waals surface area contributed by atoms with Gasteiger partial charge in [-0.3, -0.25) is 0 Å². The fourth-order valence-electron chi connectivity index (χ4n) is 4.25. The van der Waals surface area contributed by atoms with E-state index < -0.39 is 0 Å². The van der Waals surface area contributed by atoms with E-state index in [1.807, 2.05) is 0 Å². The van der Waals surface area contributed by atoms with Crippen LogP contribution in [-0.4, -0.2) is 22.9 Å². The summed E-state index contributed by atoms with van der Waals surface area (Å²) in [6.07, 6.45) is 5.65. The van der Waals surface area contributed by atoms with E-state index in [0.29, 0.717) is 29.8 Å². The van der Waals surface area contributed by atoms with E-state index in [9.17, 15) is 10.2 Å². The summed E-state index contributed by atoms with van der Waals surface area (Å²) in [6.45, 7) is 4.78. The van der Waals surface area contributed by atoms with Crippen LogP contribution in [-0.2, 0) is 0 Å². The van der Waals surface area contributed by atoms with Crippen molar-refractivity contribution in [2.75, 3.05) is 6.61 Å². The van der Waals surface area contributed by atoms with Crippen LogP contribution in [0.4, 0.5) is 0 Å². The molecule has 0 heterocycles. The number of aliphatic hydroxyl groups is 2. The first-order valence-electron chi connectivity index (χ1n) is 6.38. The molecule has 0 radical (unpaired) electrons. The van der Waals surface area contributed by atoms with Crippen molar-refractivity contribution in [3.63, 3.8) is 0 Å². The topological polar surface area (TPSA) is 40.5 Å². The zero-order valence-corrected chi connectivity index (χ0v) is 9.95. The Morgan fingerprint density at radius 3 is 2.73 bits per heavy atom. The lowest BCUT2D eigenvalue weighted by atomic mass is 9.62. The predicted molar refractivity (Wildman–Crippen MR) is 60.4 cm³/mol. The maximum atomic E-state index is 10.1. The fourth-order valence-corrected chi connectivity index (χ4v) is 4.25. The molecule has 15 heavy (non-hydrogen) atoms. The van der Waals surface area contributed by atoms with Crippen molar-refractivity contribution in [2.24, 2.45) is 23.2 Å². The van der Waals surface area contributed by atoms with Crippen molar-refractivity contribution in [3.8, 4) is 0 Å². The van der Waals surface area contributed by atoms with Crippen molar-refractivity contribution in [1.82, 2.24) is 0 Å². The summed E-state index contributed by atoms with van der Waals surface area (Å²) in [7, 11) is 0. The van der Waals surface area contributed by atoms with Gasteiger partial charge < -0.3 is 10.2 Å². The Balaban J connectivity index is 2.17. The minimum atomic E-state index is -0.0837. The summed E-state index contributed by atoms with van der Waals surface area (Å²) in [5, 5.41) is 19.4. The molecule has 88 valence electrons. The average molecular weight is 212 g/mol. The number of hydrogen-bond acceptors (Lipinski definition) is 2. The van der Waals surface area contributed by atoms with E-state index in [4.69, 9.17) is 0 Å². The van der Waals surface area contributed by atoms with E-state index in [1.54, 1.807) is 0 Å². The first-order chi connectivity index (χ1) is 7.09. The fraction of sp³-hybridized carbons (Fsp3) is 1.00. The Bertz CT molecular complexity index is 229. The van der Waals surface area contributed by atoms with Crippen LogP contribution in [0, 0.1) is 23.2 Å². The molecule has 2 nitrogen and oxygen atoms in total. The van der Waals surface area contributed by atoms with Gasteiger partial charge in [0.15, 0.2) is 0 Å². The van der Waals surface area contributed by atoms with Gasteiger partial charge in [-0.15, -0.1) is 0 Å². The maximum absolute atomic E-state index is 10.1. The van der Waals surface area contributed by atoms with Crippen LogP contribution in [0.1, 0.15) is 46.0 Å². The molecular formula is C13H24O2. The minimum Gasteiger partial charge on any atom is -0.396 e. The second-order valence-electron chi connectivity index (χ2n) is 5.92. The van der Waals surface area contributed by atoms with Crippen molar-refractivity contribution >= 4 is 0 Å². The Labute approximate surface area is 92.7 Å². The lowest BCUT2D eigenvalue weighted by Gasteiger charge is -2.45. The average Bonchev–Trinajstić information content (AvgIpc) is 2.56. The summed E-state index contributed by atoms with van der Waals surface area (Å²) in [6, 6.07) is 0.